The van der Waals surface area contributed by atoms with E-state index in [0.717, 1.165) is 40.3 Å². The Balaban J connectivity index is 1.29. The lowest BCUT2D eigenvalue weighted by Crippen LogP contribution is -2.29. The molecule has 0 radical (unpaired) electrons. The third kappa shape index (κ3) is 5.35. The van der Waals surface area contributed by atoms with E-state index in [1.807, 2.05) is 24.3 Å². The third-order valence-corrected chi connectivity index (χ3v) is 6.11. The van der Waals surface area contributed by atoms with Crippen LogP contribution in [0.5, 0.6) is 0 Å². The van der Waals surface area contributed by atoms with E-state index < -0.39 is 23.6 Å². The summed E-state index contributed by atoms with van der Waals surface area (Å²) in [5.41, 5.74) is 9.40. The van der Waals surface area contributed by atoms with Crippen LogP contribution in [-0.2, 0) is 6.54 Å². The number of nitriles is 1. The van der Waals surface area contributed by atoms with Gasteiger partial charge in [-0.15, -0.1) is 0 Å². The van der Waals surface area contributed by atoms with Gasteiger partial charge in [0.2, 0.25) is 0 Å². The first-order valence-electron chi connectivity index (χ1n) is 11.8. The number of rotatable bonds is 7. The summed E-state index contributed by atoms with van der Waals surface area (Å²) in [6.45, 7) is 2.44. The Morgan fingerprint density at radius 3 is 2.79 bits per heavy atom. The van der Waals surface area contributed by atoms with Crippen LogP contribution in [0.4, 0.5) is 26.2 Å². The molecule has 1 amide bonds. The molecule has 11 nitrogen and oxygen atoms in total. The Kier molecular flexibility index (Phi) is 6.83. The normalized spacial score (nSPS) is 12.9. The number of H-pyrrole nitrogens is 1. The minimum absolute atomic E-state index is 0.0482. The number of hydrogen-bond acceptors (Lipinski definition) is 9. The summed E-state index contributed by atoms with van der Waals surface area (Å²) in [6, 6.07) is 8.32. The number of carbonyl (C=O) groups is 1. The largest absolute Gasteiger partial charge is 0.382 e. The van der Waals surface area contributed by atoms with Gasteiger partial charge >= 0.3 is 0 Å². The highest BCUT2D eigenvalue weighted by molar-refractivity contribution is 5.97. The number of halogens is 2. The molecule has 3 aromatic heterocycles. The van der Waals surface area contributed by atoms with Crippen molar-refractivity contribution < 1.29 is 13.6 Å². The molecule has 1 aliphatic rings. The van der Waals surface area contributed by atoms with E-state index in [0.29, 0.717) is 17.9 Å². The predicted molar refractivity (Wildman–Crippen MR) is 140 cm³/mol. The molecule has 4 aromatic rings. The molecule has 1 aliphatic heterocycles. The summed E-state index contributed by atoms with van der Waals surface area (Å²) in [5, 5.41) is 25.0. The molecule has 0 spiro atoms. The quantitative estimate of drug-likeness (QED) is 0.241. The van der Waals surface area contributed by atoms with Crippen LogP contribution in [0.2, 0.25) is 0 Å². The Labute approximate surface area is 221 Å². The fourth-order valence-corrected chi connectivity index (χ4v) is 3.98. The molecule has 4 heterocycles. The molecular weight excluding hydrogens is 506 g/mol. The number of nitrogens with zero attached hydrogens (tertiary/aromatic N) is 5. The predicted octanol–water partition coefficient (Wildman–Crippen LogP) is 3.40. The van der Waals surface area contributed by atoms with Crippen LogP contribution in [-0.4, -0.2) is 37.6 Å². The molecule has 13 heteroatoms. The van der Waals surface area contributed by atoms with Crippen molar-refractivity contribution in [1.82, 2.24) is 30.5 Å². The highest BCUT2D eigenvalue weighted by atomic mass is 19.2. The molecule has 5 rings (SSSR count). The highest BCUT2D eigenvalue weighted by Gasteiger charge is 2.20. The van der Waals surface area contributed by atoms with Gasteiger partial charge in [0.15, 0.2) is 34.7 Å². The van der Waals surface area contributed by atoms with Gasteiger partial charge in [-0.05, 0) is 47.9 Å². The van der Waals surface area contributed by atoms with E-state index in [2.05, 4.69) is 41.1 Å². The fraction of sp³-hybridized carbons (Fsp3) is 0.154. The Morgan fingerprint density at radius 1 is 1.21 bits per heavy atom. The van der Waals surface area contributed by atoms with Crippen molar-refractivity contribution in [2.75, 3.05) is 22.9 Å². The Hall–Kier alpha value is -5.38. The molecule has 0 fully saturated rings. The number of aromatic amines is 1. The molecule has 1 aromatic carbocycles. The molecule has 39 heavy (non-hydrogen) atoms. The second-order valence-electron chi connectivity index (χ2n) is 8.76. The molecule has 0 saturated heterocycles. The molecule has 196 valence electrons. The van der Waals surface area contributed by atoms with Crippen molar-refractivity contribution in [1.29, 1.82) is 5.26 Å². The number of amides is 1. The number of aromatic nitrogens is 5. The third-order valence-electron chi connectivity index (χ3n) is 6.11. The lowest BCUT2D eigenvalue weighted by molar-refractivity contribution is 0.0935. The van der Waals surface area contributed by atoms with Crippen LogP contribution in [0.25, 0.3) is 11.6 Å². The van der Waals surface area contributed by atoms with E-state index in [4.69, 9.17) is 5.73 Å². The Morgan fingerprint density at radius 2 is 2.05 bits per heavy atom. The summed E-state index contributed by atoms with van der Waals surface area (Å²) in [5.74, 6) is -1.33. The smallest absolute Gasteiger partial charge is 0.274 e. The minimum atomic E-state index is -1.02. The zero-order chi connectivity index (χ0) is 27.5. The van der Waals surface area contributed by atoms with Gasteiger partial charge in [-0.1, -0.05) is 12.1 Å². The summed E-state index contributed by atoms with van der Waals surface area (Å²) in [6.07, 6.45) is 4.88. The first-order chi connectivity index (χ1) is 18.8. The van der Waals surface area contributed by atoms with Crippen molar-refractivity contribution in [2.45, 2.75) is 19.5 Å². The van der Waals surface area contributed by atoms with Gasteiger partial charge in [0.25, 0.3) is 5.91 Å². The Bertz CT molecular complexity index is 1620. The maximum atomic E-state index is 13.6. The zero-order valence-corrected chi connectivity index (χ0v) is 20.6. The van der Waals surface area contributed by atoms with Crippen molar-refractivity contribution in [3.8, 4) is 6.07 Å². The van der Waals surface area contributed by atoms with Crippen LogP contribution in [0.3, 0.4) is 0 Å². The van der Waals surface area contributed by atoms with E-state index in [1.54, 1.807) is 13.1 Å². The second kappa shape index (κ2) is 10.5. The SMILES string of the molecule is C[C@H](NC(=O)c1nc(C#N)cnc1NCc1ccc(C2=Cc3c(N)n[nH]c3NC2)nc1)c1ccc(F)c(F)c1. The summed E-state index contributed by atoms with van der Waals surface area (Å²) in [4.78, 5) is 25.8. The average Bonchev–Trinajstić information content (AvgIpc) is 3.33. The van der Waals surface area contributed by atoms with Crippen molar-refractivity contribution in [3.63, 3.8) is 0 Å². The van der Waals surface area contributed by atoms with Crippen LogP contribution in [0, 0.1) is 23.0 Å². The van der Waals surface area contributed by atoms with Crippen molar-refractivity contribution in [2.24, 2.45) is 0 Å². The molecule has 0 unspecified atom stereocenters. The van der Waals surface area contributed by atoms with Gasteiger partial charge in [-0.25, -0.2) is 18.7 Å². The molecule has 0 aliphatic carbocycles. The maximum absolute atomic E-state index is 13.6. The van der Waals surface area contributed by atoms with Crippen LogP contribution in [0.1, 0.15) is 51.5 Å². The lowest BCUT2D eigenvalue weighted by Gasteiger charge is -2.16. The van der Waals surface area contributed by atoms with Gasteiger partial charge in [-0.2, -0.15) is 10.4 Å². The van der Waals surface area contributed by atoms with Crippen LogP contribution in [0.15, 0.2) is 42.7 Å². The topological polar surface area (TPSA) is 170 Å². The van der Waals surface area contributed by atoms with E-state index in [-0.39, 0.29) is 23.8 Å². The number of nitrogen functional groups attached to an aromatic ring is 1. The molecule has 0 saturated carbocycles. The van der Waals surface area contributed by atoms with Gasteiger partial charge in [-0.3, -0.25) is 14.9 Å². The number of anilines is 3. The fourth-order valence-electron chi connectivity index (χ4n) is 3.98. The standard InChI is InChI=1S/C26H22F2N10O/c1-13(15-3-4-19(27)20(28)7-15)35-26(39)22-25(34-12-17(8-29)36-22)32-10-14-2-5-21(31-9-14)16-6-18-23(30)37-38-24(18)33-11-16/h2-7,9,12-13H,10-11H2,1H3,(H,32,34)(H,35,39)(H4,30,33,37,38)/t13-/m0/s1. The molecule has 0 bridgehead atoms. The number of nitrogens with two attached hydrogens (primary N) is 1. The number of benzene rings is 1. The van der Waals surface area contributed by atoms with Crippen molar-refractivity contribution >= 4 is 35.0 Å². The number of nitrogens with one attached hydrogen (secondary N) is 4. The van der Waals surface area contributed by atoms with Crippen LogP contribution >= 0.6 is 0 Å². The van der Waals surface area contributed by atoms with Gasteiger partial charge in [0, 0.05) is 19.3 Å². The van der Waals surface area contributed by atoms with Gasteiger partial charge in [0.05, 0.1) is 23.5 Å². The first kappa shape index (κ1) is 25.3. The summed E-state index contributed by atoms with van der Waals surface area (Å²) >= 11 is 0. The highest BCUT2D eigenvalue weighted by Crippen LogP contribution is 2.29. The molecular formula is C26H22F2N10O. The minimum Gasteiger partial charge on any atom is -0.382 e. The molecule has 6 N–H and O–H groups in total. The number of carbonyl (C=O) groups excluding carboxylic acids is 1. The summed E-state index contributed by atoms with van der Waals surface area (Å²) in [7, 11) is 0. The van der Waals surface area contributed by atoms with Crippen LogP contribution < -0.4 is 21.7 Å². The first-order valence-corrected chi connectivity index (χ1v) is 11.8. The second-order valence-corrected chi connectivity index (χ2v) is 8.76. The number of fused-ring (bicyclic) bond motifs is 1. The van der Waals surface area contributed by atoms with E-state index >= 15 is 0 Å². The average molecular weight is 529 g/mol. The maximum Gasteiger partial charge on any atom is 0.274 e. The molecule has 1 atom stereocenters. The lowest BCUT2D eigenvalue weighted by atomic mass is 10.0. The van der Waals surface area contributed by atoms with Crippen molar-refractivity contribution in [3.05, 3.63) is 88.1 Å². The number of pyridine rings is 1. The summed E-state index contributed by atoms with van der Waals surface area (Å²) < 4.78 is 26.9. The van der Waals surface area contributed by atoms with E-state index in [1.165, 1.54) is 12.3 Å². The zero-order valence-electron chi connectivity index (χ0n) is 20.6. The monoisotopic (exact) mass is 528 g/mol. The number of hydrogen-bond donors (Lipinski definition) is 5. The van der Waals surface area contributed by atoms with Gasteiger partial charge < -0.3 is 21.7 Å². The van der Waals surface area contributed by atoms with Gasteiger partial charge in [0.1, 0.15) is 11.9 Å². The van der Waals surface area contributed by atoms with E-state index in [9.17, 15) is 18.8 Å².